The van der Waals surface area contributed by atoms with Crippen molar-refractivity contribution < 1.29 is 0 Å². The molecule has 5 heteroatoms. The lowest BCUT2D eigenvalue weighted by atomic mass is 10.1. The molecule has 0 atom stereocenters. The first-order chi connectivity index (χ1) is 11.3. The molecule has 3 rings (SSSR count). The summed E-state index contributed by atoms with van der Waals surface area (Å²) in [6.07, 6.45) is 2.82. The molecule has 0 saturated carbocycles. The lowest BCUT2D eigenvalue weighted by Crippen LogP contribution is -2.26. The average Bonchev–Trinajstić information content (AvgIpc) is 2.82. The topological polar surface area (TPSA) is 41.1 Å². The first-order valence-electron chi connectivity index (χ1n) is 8.70. The molecule has 4 nitrogen and oxygen atoms in total. The second-order valence-corrected chi connectivity index (χ2v) is 5.97. The summed E-state index contributed by atoms with van der Waals surface area (Å²) >= 11 is 0. The van der Waals surface area contributed by atoms with Crippen molar-refractivity contribution in [2.45, 2.75) is 33.1 Å². The Morgan fingerprint density at radius 3 is 2.42 bits per heavy atom. The smallest absolute Gasteiger partial charge is 0.135 e. The van der Waals surface area contributed by atoms with Crippen LogP contribution in [0.1, 0.15) is 36.5 Å². The predicted molar refractivity (Wildman–Crippen MR) is 102 cm³/mol. The van der Waals surface area contributed by atoms with E-state index in [4.69, 9.17) is 9.97 Å². The Kier molecular flexibility index (Phi) is 7.00. The van der Waals surface area contributed by atoms with E-state index in [2.05, 4.69) is 48.3 Å². The third kappa shape index (κ3) is 4.25. The summed E-state index contributed by atoms with van der Waals surface area (Å²) in [4.78, 5) is 12.2. The predicted octanol–water partition coefficient (Wildman–Crippen LogP) is 3.02. The number of rotatable bonds is 5. The molecule has 1 aromatic carbocycles. The molecule has 1 aliphatic heterocycles. The number of nitrogens with zero attached hydrogens (tertiary/aromatic N) is 3. The van der Waals surface area contributed by atoms with Gasteiger partial charge in [0.1, 0.15) is 11.6 Å². The summed E-state index contributed by atoms with van der Waals surface area (Å²) in [5, 5.41) is 3.48. The fourth-order valence-corrected chi connectivity index (χ4v) is 3.22. The summed E-state index contributed by atoms with van der Waals surface area (Å²) in [6.45, 7) is 8.39. The van der Waals surface area contributed by atoms with Gasteiger partial charge in [0.2, 0.25) is 0 Å². The highest BCUT2D eigenvalue weighted by atomic mass is 35.5. The molecule has 24 heavy (non-hydrogen) atoms. The van der Waals surface area contributed by atoms with E-state index in [-0.39, 0.29) is 12.4 Å². The van der Waals surface area contributed by atoms with Crippen LogP contribution < -0.4 is 10.2 Å². The standard InChI is InChI=1S/C19H26N4.ClH/c1-3-23(4-2)19-16-10-12-20-13-11-17(16)21-18(22-19)14-15-8-6-5-7-9-15;/h5-9,20H,3-4,10-14H2,1-2H3;1H. The fraction of sp³-hybridized carbons (Fsp3) is 0.474. The Morgan fingerprint density at radius 1 is 1.00 bits per heavy atom. The molecule has 0 spiro atoms. The number of benzene rings is 1. The first kappa shape index (κ1) is 18.7. The Hall–Kier alpha value is -1.65. The zero-order valence-corrected chi connectivity index (χ0v) is 15.4. The molecule has 0 aliphatic carbocycles. The number of fused-ring (bicyclic) bond motifs is 1. The lowest BCUT2D eigenvalue weighted by Gasteiger charge is -2.24. The van der Waals surface area contributed by atoms with E-state index in [1.807, 2.05) is 6.07 Å². The number of anilines is 1. The van der Waals surface area contributed by atoms with E-state index >= 15 is 0 Å². The molecule has 0 fully saturated rings. The summed E-state index contributed by atoms with van der Waals surface area (Å²) in [5.41, 5.74) is 3.85. The Bertz CT molecular complexity index is 641. The van der Waals surface area contributed by atoms with Gasteiger partial charge in [-0.15, -0.1) is 12.4 Å². The summed E-state index contributed by atoms with van der Waals surface area (Å²) in [7, 11) is 0. The van der Waals surface area contributed by atoms with E-state index in [0.717, 1.165) is 57.1 Å². The van der Waals surface area contributed by atoms with Crippen molar-refractivity contribution in [2.75, 3.05) is 31.1 Å². The molecule has 0 radical (unpaired) electrons. The maximum atomic E-state index is 4.95. The summed E-state index contributed by atoms with van der Waals surface area (Å²) < 4.78 is 0. The second kappa shape index (κ2) is 9.00. The molecule has 1 aliphatic rings. The zero-order valence-electron chi connectivity index (χ0n) is 14.6. The van der Waals surface area contributed by atoms with Gasteiger partial charge in [0.15, 0.2) is 0 Å². The SMILES string of the molecule is CCN(CC)c1nc(Cc2ccccc2)nc2c1CCNCC2.Cl. The maximum absolute atomic E-state index is 4.95. The van der Waals surface area contributed by atoms with Gasteiger partial charge in [0.25, 0.3) is 0 Å². The fourth-order valence-electron chi connectivity index (χ4n) is 3.22. The number of hydrogen-bond acceptors (Lipinski definition) is 4. The Balaban J connectivity index is 0.00000208. The van der Waals surface area contributed by atoms with E-state index in [0.29, 0.717) is 0 Å². The molecule has 0 saturated heterocycles. The highest BCUT2D eigenvalue weighted by Crippen LogP contribution is 2.24. The summed E-state index contributed by atoms with van der Waals surface area (Å²) in [5.74, 6) is 2.09. The van der Waals surface area contributed by atoms with Crippen LogP contribution in [0.15, 0.2) is 30.3 Å². The van der Waals surface area contributed by atoms with E-state index in [9.17, 15) is 0 Å². The average molecular weight is 347 g/mol. The maximum Gasteiger partial charge on any atom is 0.135 e. The van der Waals surface area contributed by atoms with Gasteiger partial charge >= 0.3 is 0 Å². The Morgan fingerprint density at radius 2 is 1.71 bits per heavy atom. The highest BCUT2D eigenvalue weighted by Gasteiger charge is 2.19. The van der Waals surface area contributed by atoms with E-state index in [1.54, 1.807) is 0 Å². The Labute approximate surface area is 151 Å². The van der Waals surface area contributed by atoms with Crippen LogP contribution in [-0.4, -0.2) is 36.1 Å². The molecule has 0 amide bonds. The number of nitrogens with one attached hydrogen (secondary N) is 1. The van der Waals surface area contributed by atoms with Crippen molar-refractivity contribution in [3.8, 4) is 0 Å². The van der Waals surface area contributed by atoms with Crippen LogP contribution >= 0.6 is 12.4 Å². The normalized spacial score (nSPS) is 13.6. The molecular weight excluding hydrogens is 320 g/mol. The van der Waals surface area contributed by atoms with Gasteiger partial charge in [-0.05, 0) is 32.4 Å². The van der Waals surface area contributed by atoms with Gasteiger partial charge in [0.05, 0.1) is 5.69 Å². The van der Waals surface area contributed by atoms with Gasteiger partial charge in [-0.1, -0.05) is 30.3 Å². The molecule has 0 unspecified atom stereocenters. The number of halogens is 1. The van der Waals surface area contributed by atoms with Crippen molar-refractivity contribution in [3.05, 3.63) is 53.0 Å². The van der Waals surface area contributed by atoms with Crippen LogP contribution in [0.2, 0.25) is 0 Å². The van der Waals surface area contributed by atoms with Crippen molar-refractivity contribution in [1.29, 1.82) is 0 Å². The van der Waals surface area contributed by atoms with Gasteiger partial charge in [-0.25, -0.2) is 9.97 Å². The molecule has 2 aromatic rings. The van der Waals surface area contributed by atoms with Crippen LogP contribution in [0.4, 0.5) is 5.82 Å². The van der Waals surface area contributed by atoms with Gasteiger partial charge in [-0.2, -0.15) is 0 Å². The zero-order chi connectivity index (χ0) is 16.1. The monoisotopic (exact) mass is 346 g/mol. The molecular formula is C19H27ClN4. The van der Waals surface area contributed by atoms with Crippen molar-refractivity contribution in [2.24, 2.45) is 0 Å². The van der Waals surface area contributed by atoms with Crippen LogP contribution in [0.3, 0.4) is 0 Å². The minimum absolute atomic E-state index is 0. The first-order valence-corrected chi connectivity index (χ1v) is 8.70. The molecule has 130 valence electrons. The summed E-state index contributed by atoms with van der Waals surface area (Å²) in [6, 6.07) is 10.5. The van der Waals surface area contributed by atoms with Crippen LogP contribution in [0, 0.1) is 0 Å². The third-order valence-corrected chi connectivity index (χ3v) is 4.48. The van der Waals surface area contributed by atoms with E-state index in [1.165, 1.54) is 16.8 Å². The number of hydrogen-bond donors (Lipinski definition) is 1. The van der Waals surface area contributed by atoms with Crippen LogP contribution in [0.25, 0.3) is 0 Å². The molecule has 0 bridgehead atoms. The van der Waals surface area contributed by atoms with Crippen molar-refractivity contribution in [3.63, 3.8) is 0 Å². The van der Waals surface area contributed by atoms with Gasteiger partial charge < -0.3 is 10.2 Å². The quantitative estimate of drug-likeness (QED) is 0.903. The molecule has 1 N–H and O–H groups in total. The minimum atomic E-state index is 0. The van der Waals surface area contributed by atoms with Crippen molar-refractivity contribution >= 4 is 18.2 Å². The van der Waals surface area contributed by atoms with Crippen molar-refractivity contribution in [1.82, 2.24) is 15.3 Å². The third-order valence-electron chi connectivity index (χ3n) is 4.48. The second-order valence-electron chi connectivity index (χ2n) is 5.97. The lowest BCUT2D eigenvalue weighted by molar-refractivity contribution is 0.707. The van der Waals surface area contributed by atoms with Crippen LogP contribution in [-0.2, 0) is 19.3 Å². The minimum Gasteiger partial charge on any atom is -0.357 e. The highest BCUT2D eigenvalue weighted by molar-refractivity contribution is 5.85. The largest absolute Gasteiger partial charge is 0.357 e. The van der Waals surface area contributed by atoms with Crippen LogP contribution in [0.5, 0.6) is 0 Å². The molecule has 1 aromatic heterocycles. The van der Waals surface area contributed by atoms with Gasteiger partial charge in [0, 0.05) is 38.0 Å². The molecule has 2 heterocycles. The van der Waals surface area contributed by atoms with Gasteiger partial charge in [-0.3, -0.25) is 0 Å². The number of aromatic nitrogens is 2. The van der Waals surface area contributed by atoms with E-state index < -0.39 is 0 Å².